The van der Waals surface area contributed by atoms with Crippen LogP contribution in [0.2, 0.25) is 15.1 Å². The Hall–Kier alpha value is -1.95. The maximum Gasteiger partial charge on any atom is 0.273 e. The van der Waals surface area contributed by atoms with Crippen LogP contribution in [0.3, 0.4) is 0 Å². The zero-order valence-corrected chi connectivity index (χ0v) is 13.1. The van der Waals surface area contributed by atoms with Crippen LogP contribution < -0.4 is 10.9 Å². The van der Waals surface area contributed by atoms with E-state index >= 15 is 0 Å². The van der Waals surface area contributed by atoms with Crippen molar-refractivity contribution in [3.05, 3.63) is 62.6 Å². The molecule has 3 N–H and O–H groups in total. The van der Waals surface area contributed by atoms with Gasteiger partial charge in [0.1, 0.15) is 5.75 Å². The molecule has 0 aliphatic rings. The minimum Gasteiger partial charge on any atom is -0.507 e. The first-order valence-electron chi connectivity index (χ1n) is 5.92. The summed E-state index contributed by atoms with van der Waals surface area (Å²) in [6.45, 7) is 0. The zero-order valence-electron chi connectivity index (χ0n) is 10.9. The number of hydrazine groups is 1. The van der Waals surface area contributed by atoms with Crippen LogP contribution in [0.15, 0.2) is 36.4 Å². The molecule has 22 heavy (non-hydrogen) atoms. The summed E-state index contributed by atoms with van der Waals surface area (Å²) < 4.78 is 0. The highest BCUT2D eigenvalue weighted by atomic mass is 35.5. The molecule has 114 valence electrons. The third-order valence-corrected chi connectivity index (χ3v) is 3.45. The molecule has 0 saturated heterocycles. The molecule has 0 heterocycles. The van der Waals surface area contributed by atoms with E-state index in [0.717, 1.165) is 0 Å². The Morgan fingerprint density at radius 2 is 1.36 bits per heavy atom. The molecule has 2 amide bonds. The monoisotopic (exact) mass is 358 g/mol. The maximum atomic E-state index is 11.9. The molecule has 0 unspecified atom stereocenters. The Bertz CT molecular complexity index is 750. The Balaban J connectivity index is 2.07. The number of carbonyl (C=O) groups is 2. The highest BCUT2D eigenvalue weighted by Crippen LogP contribution is 2.22. The summed E-state index contributed by atoms with van der Waals surface area (Å²) in [5.74, 6) is -1.62. The normalized spacial score (nSPS) is 10.1. The van der Waals surface area contributed by atoms with E-state index in [0.29, 0.717) is 5.02 Å². The van der Waals surface area contributed by atoms with E-state index in [1.54, 1.807) is 0 Å². The van der Waals surface area contributed by atoms with Crippen molar-refractivity contribution in [2.75, 3.05) is 0 Å². The van der Waals surface area contributed by atoms with Gasteiger partial charge in [0, 0.05) is 10.0 Å². The predicted molar refractivity (Wildman–Crippen MR) is 84.5 cm³/mol. The number of phenolic OH excluding ortho intramolecular Hbond substituents is 1. The molecule has 0 saturated carbocycles. The van der Waals surface area contributed by atoms with Crippen LogP contribution in [0, 0.1) is 0 Å². The maximum absolute atomic E-state index is 11.9. The Labute approximate surface area is 140 Å². The summed E-state index contributed by atoms with van der Waals surface area (Å²) in [6.07, 6.45) is 0. The summed E-state index contributed by atoms with van der Waals surface area (Å²) in [7, 11) is 0. The fourth-order valence-corrected chi connectivity index (χ4v) is 2.28. The SMILES string of the molecule is O=C(NNC(=O)c1ccc(Cl)cc1Cl)c1cc(Cl)ccc1O. The van der Waals surface area contributed by atoms with Gasteiger partial charge >= 0.3 is 0 Å². The zero-order chi connectivity index (χ0) is 16.3. The molecule has 2 aromatic rings. The summed E-state index contributed by atoms with van der Waals surface area (Å²) in [4.78, 5) is 23.8. The van der Waals surface area contributed by atoms with Crippen LogP contribution in [0.25, 0.3) is 0 Å². The molecular formula is C14H9Cl3N2O3. The smallest absolute Gasteiger partial charge is 0.273 e. The second kappa shape index (κ2) is 6.87. The average Bonchev–Trinajstić information content (AvgIpc) is 2.47. The lowest BCUT2D eigenvalue weighted by Crippen LogP contribution is -2.41. The van der Waals surface area contributed by atoms with Crippen molar-refractivity contribution < 1.29 is 14.7 Å². The van der Waals surface area contributed by atoms with Crippen LogP contribution >= 0.6 is 34.8 Å². The van der Waals surface area contributed by atoms with Crippen molar-refractivity contribution >= 4 is 46.6 Å². The number of benzene rings is 2. The van der Waals surface area contributed by atoms with Crippen molar-refractivity contribution in [2.24, 2.45) is 0 Å². The molecule has 0 fully saturated rings. The van der Waals surface area contributed by atoms with Gasteiger partial charge in [-0.1, -0.05) is 34.8 Å². The van der Waals surface area contributed by atoms with Crippen LogP contribution in [0.4, 0.5) is 0 Å². The number of nitrogens with one attached hydrogen (secondary N) is 2. The Morgan fingerprint density at radius 1 is 0.818 bits per heavy atom. The second-order valence-electron chi connectivity index (χ2n) is 4.19. The number of aromatic hydroxyl groups is 1. The van der Waals surface area contributed by atoms with Gasteiger partial charge in [-0.05, 0) is 36.4 Å². The Kier molecular flexibility index (Phi) is 5.13. The minimum atomic E-state index is -0.724. The van der Waals surface area contributed by atoms with Gasteiger partial charge in [-0.15, -0.1) is 0 Å². The molecular weight excluding hydrogens is 351 g/mol. The highest BCUT2D eigenvalue weighted by Gasteiger charge is 2.15. The summed E-state index contributed by atoms with van der Waals surface area (Å²) in [6, 6.07) is 8.29. The van der Waals surface area contributed by atoms with Gasteiger partial charge in [-0.25, -0.2) is 0 Å². The third kappa shape index (κ3) is 3.82. The largest absolute Gasteiger partial charge is 0.507 e. The molecule has 0 radical (unpaired) electrons. The van der Waals surface area contributed by atoms with Crippen LogP contribution in [-0.4, -0.2) is 16.9 Å². The van der Waals surface area contributed by atoms with Crippen molar-refractivity contribution in [3.63, 3.8) is 0 Å². The van der Waals surface area contributed by atoms with Gasteiger partial charge in [-0.3, -0.25) is 20.4 Å². The number of rotatable bonds is 2. The lowest BCUT2D eigenvalue weighted by molar-refractivity contribution is 0.0845. The van der Waals surface area contributed by atoms with Crippen molar-refractivity contribution in [1.29, 1.82) is 0 Å². The first kappa shape index (κ1) is 16.4. The molecule has 0 aliphatic carbocycles. The first-order valence-corrected chi connectivity index (χ1v) is 7.06. The molecule has 5 nitrogen and oxygen atoms in total. The molecule has 2 aromatic carbocycles. The summed E-state index contributed by atoms with van der Waals surface area (Å²) >= 11 is 17.4. The van der Waals surface area contributed by atoms with Crippen molar-refractivity contribution in [3.8, 4) is 5.75 Å². The van der Waals surface area contributed by atoms with E-state index in [1.807, 2.05) is 0 Å². The Morgan fingerprint density at radius 3 is 2.00 bits per heavy atom. The van der Waals surface area contributed by atoms with Crippen molar-refractivity contribution in [2.45, 2.75) is 0 Å². The van der Waals surface area contributed by atoms with E-state index in [4.69, 9.17) is 34.8 Å². The van der Waals surface area contributed by atoms with Gasteiger partial charge in [0.15, 0.2) is 0 Å². The van der Waals surface area contributed by atoms with Gasteiger partial charge in [0.05, 0.1) is 16.1 Å². The molecule has 2 rings (SSSR count). The highest BCUT2D eigenvalue weighted by molar-refractivity contribution is 6.36. The van der Waals surface area contributed by atoms with E-state index in [-0.39, 0.29) is 26.9 Å². The van der Waals surface area contributed by atoms with Gasteiger partial charge in [0.25, 0.3) is 11.8 Å². The first-order chi connectivity index (χ1) is 10.4. The number of halogens is 3. The van der Waals surface area contributed by atoms with Gasteiger partial charge in [0.2, 0.25) is 0 Å². The van der Waals surface area contributed by atoms with Crippen LogP contribution in [0.5, 0.6) is 5.75 Å². The van der Waals surface area contributed by atoms with Crippen LogP contribution in [0.1, 0.15) is 20.7 Å². The number of hydrogen-bond acceptors (Lipinski definition) is 3. The topological polar surface area (TPSA) is 78.4 Å². The van der Waals surface area contributed by atoms with E-state index in [2.05, 4.69) is 10.9 Å². The molecule has 0 aliphatic heterocycles. The average molecular weight is 360 g/mol. The summed E-state index contributed by atoms with van der Waals surface area (Å²) in [5.41, 5.74) is 4.41. The molecule has 0 spiro atoms. The fraction of sp³-hybridized carbons (Fsp3) is 0. The predicted octanol–water partition coefficient (Wildman–Crippen LogP) is 3.43. The van der Waals surface area contributed by atoms with Gasteiger partial charge in [-0.2, -0.15) is 0 Å². The minimum absolute atomic E-state index is 0.0741. The summed E-state index contributed by atoms with van der Waals surface area (Å²) in [5, 5.41) is 10.4. The molecule has 0 bridgehead atoms. The van der Waals surface area contributed by atoms with E-state index in [1.165, 1.54) is 36.4 Å². The third-order valence-electron chi connectivity index (χ3n) is 2.67. The van der Waals surface area contributed by atoms with Crippen molar-refractivity contribution in [1.82, 2.24) is 10.9 Å². The lowest BCUT2D eigenvalue weighted by atomic mass is 10.2. The fourth-order valence-electron chi connectivity index (χ4n) is 1.61. The number of phenols is 1. The molecule has 0 atom stereocenters. The second-order valence-corrected chi connectivity index (χ2v) is 5.47. The van der Waals surface area contributed by atoms with Crippen LogP contribution in [-0.2, 0) is 0 Å². The number of amides is 2. The molecule has 0 aromatic heterocycles. The lowest BCUT2D eigenvalue weighted by Gasteiger charge is -2.09. The molecule has 8 heteroatoms. The number of hydrogen-bond donors (Lipinski definition) is 3. The van der Waals surface area contributed by atoms with E-state index in [9.17, 15) is 14.7 Å². The van der Waals surface area contributed by atoms with E-state index < -0.39 is 11.8 Å². The van der Waals surface area contributed by atoms with Gasteiger partial charge < -0.3 is 5.11 Å². The number of carbonyl (C=O) groups excluding carboxylic acids is 2. The standard InChI is InChI=1S/C14H9Cl3N2O3/c15-7-2-4-12(20)10(5-7)14(22)19-18-13(21)9-3-1-8(16)6-11(9)17/h1-6,20H,(H,18,21)(H,19,22). The quantitative estimate of drug-likeness (QED) is 0.719.